The third-order valence-electron chi connectivity index (χ3n) is 3.04. The monoisotopic (exact) mass is 229 g/mol. The minimum atomic E-state index is -0.0873. The van der Waals surface area contributed by atoms with Gasteiger partial charge in [0.25, 0.3) is 0 Å². The summed E-state index contributed by atoms with van der Waals surface area (Å²) in [5, 5.41) is 1.05. The van der Waals surface area contributed by atoms with E-state index in [4.69, 9.17) is 0 Å². The maximum absolute atomic E-state index is 11.6. The zero-order valence-electron chi connectivity index (χ0n) is 9.97. The van der Waals surface area contributed by atoms with Crippen LogP contribution < -0.4 is 0 Å². The van der Waals surface area contributed by atoms with Crippen molar-refractivity contribution in [3.8, 4) is 0 Å². The lowest BCUT2D eigenvalue weighted by Crippen LogP contribution is -2.27. The molecule has 0 bridgehead atoms. The minimum absolute atomic E-state index is 0.0153. The molecule has 4 nitrogen and oxygen atoms in total. The number of rotatable bonds is 3. The van der Waals surface area contributed by atoms with Crippen LogP contribution >= 0.6 is 0 Å². The van der Waals surface area contributed by atoms with Gasteiger partial charge in [0, 0.05) is 30.4 Å². The van der Waals surface area contributed by atoms with E-state index < -0.39 is 0 Å². The summed E-state index contributed by atoms with van der Waals surface area (Å²) >= 11 is 0. The molecule has 1 unspecified atom stereocenters. The van der Waals surface area contributed by atoms with Crippen LogP contribution in [-0.4, -0.2) is 27.8 Å². The van der Waals surface area contributed by atoms with Gasteiger partial charge in [0.15, 0.2) is 0 Å². The number of likely N-dealkylation sites (N-methyl/N-ethyl adjacent to an activating group) is 1. The molecule has 2 aromatic rings. The van der Waals surface area contributed by atoms with Crippen molar-refractivity contribution in [3.63, 3.8) is 0 Å². The third kappa shape index (κ3) is 1.93. The van der Waals surface area contributed by atoms with E-state index in [-0.39, 0.29) is 11.9 Å². The zero-order valence-corrected chi connectivity index (χ0v) is 9.97. The molecule has 4 heteroatoms. The van der Waals surface area contributed by atoms with Crippen LogP contribution in [0.2, 0.25) is 0 Å². The summed E-state index contributed by atoms with van der Waals surface area (Å²) < 4.78 is 0. The Kier molecular flexibility index (Phi) is 2.95. The first kappa shape index (κ1) is 11.4. The van der Waals surface area contributed by atoms with Crippen molar-refractivity contribution in [1.29, 1.82) is 0 Å². The number of fused-ring (bicyclic) bond motifs is 1. The van der Waals surface area contributed by atoms with Gasteiger partial charge < -0.3 is 9.88 Å². The lowest BCUT2D eigenvalue weighted by Gasteiger charge is -2.23. The Morgan fingerprint density at radius 3 is 3.12 bits per heavy atom. The highest BCUT2D eigenvalue weighted by Gasteiger charge is 2.18. The van der Waals surface area contributed by atoms with E-state index in [1.807, 2.05) is 25.3 Å². The van der Waals surface area contributed by atoms with Gasteiger partial charge in [-0.15, -0.1) is 0 Å². The van der Waals surface area contributed by atoms with Crippen LogP contribution in [0.4, 0.5) is 0 Å². The van der Waals surface area contributed by atoms with E-state index in [0.717, 1.165) is 16.6 Å². The molecule has 1 atom stereocenters. The Morgan fingerprint density at radius 2 is 2.41 bits per heavy atom. The van der Waals surface area contributed by atoms with Gasteiger partial charge in [0.2, 0.25) is 5.91 Å². The molecule has 2 heterocycles. The number of nitrogens with zero attached hydrogens (tertiary/aromatic N) is 2. The van der Waals surface area contributed by atoms with Crippen LogP contribution in [0.25, 0.3) is 11.0 Å². The summed E-state index contributed by atoms with van der Waals surface area (Å²) in [6.07, 6.45) is 4.96. The smallest absolute Gasteiger partial charge is 0.246 e. The lowest BCUT2D eigenvalue weighted by molar-refractivity contribution is -0.126. The zero-order chi connectivity index (χ0) is 12.4. The first-order valence-corrected chi connectivity index (χ1v) is 5.46. The van der Waals surface area contributed by atoms with Gasteiger partial charge >= 0.3 is 0 Å². The number of carbonyl (C=O) groups is 1. The van der Waals surface area contributed by atoms with Gasteiger partial charge in [-0.1, -0.05) is 6.58 Å². The molecule has 0 radical (unpaired) electrons. The van der Waals surface area contributed by atoms with Crippen LogP contribution in [0, 0.1) is 0 Å². The molecule has 0 aliphatic rings. The number of hydrogen-bond donors (Lipinski definition) is 1. The molecule has 0 aliphatic heterocycles. The van der Waals surface area contributed by atoms with E-state index >= 15 is 0 Å². The van der Waals surface area contributed by atoms with E-state index in [1.54, 1.807) is 18.1 Å². The Balaban J connectivity index is 2.40. The van der Waals surface area contributed by atoms with Gasteiger partial charge in [-0.25, -0.2) is 4.98 Å². The fourth-order valence-corrected chi connectivity index (χ4v) is 1.87. The van der Waals surface area contributed by atoms with Crippen LogP contribution in [0.1, 0.15) is 18.5 Å². The maximum Gasteiger partial charge on any atom is 0.246 e. The number of aromatic nitrogens is 2. The fourth-order valence-electron chi connectivity index (χ4n) is 1.87. The number of hydrogen-bond acceptors (Lipinski definition) is 2. The van der Waals surface area contributed by atoms with Crippen LogP contribution in [0.3, 0.4) is 0 Å². The first-order chi connectivity index (χ1) is 8.15. The largest absolute Gasteiger partial charge is 0.346 e. The number of nitrogens with one attached hydrogen (secondary N) is 1. The van der Waals surface area contributed by atoms with Crippen molar-refractivity contribution in [2.75, 3.05) is 7.05 Å². The SMILES string of the molecule is C=CC(=O)N(C)C(C)c1c[nH]c2ncccc12. The molecule has 0 saturated heterocycles. The van der Waals surface area contributed by atoms with Crippen LogP contribution in [-0.2, 0) is 4.79 Å². The highest BCUT2D eigenvalue weighted by Crippen LogP contribution is 2.26. The molecule has 0 aromatic carbocycles. The molecule has 0 aliphatic carbocycles. The van der Waals surface area contributed by atoms with Gasteiger partial charge in [-0.3, -0.25) is 4.79 Å². The Bertz CT molecular complexity index is 559. The summed E-state index contributed by atoms with van der Waals surface area (Å²) in [6, 6.07) is 3.87. The molecule has 88 valence electrons. The fraction of sp³-hybridized carbons (Fsp3) is 0.231. The number of amides is 1. The second-order valence-corrected chi connectivity index (χ2v) is 3.97. The van der Waals surface area contributed by atoms with Crippen molar-refractivity contribution in [3.05, 3.63) is 42.7 Å². The van der Waals surface area contributed by atoms with Crippen molar-refractivity contribution in [2.45, 2.75) is 13.0 Å². The molecule has 1 amide bonds. The molecule has 0 fully saturated rings. The molecule has 0 saturated carbocycles. The van der Waals surface area contributed by atoms with Gasteiger partial charge in [-0.05, 0) is 25.1 Å². The van der Waals surface area contributed by atoms with E-state index in [9.17, 15) is 4.79 Å². The average molecular weight is 229 g/mol. The molecular weight excluding hydrogens is 214 g/mol. The summed E-state index contributed by atoms with van der Waals surface area (Å²) in [5.74, 6) is -0.0873. The van der Waals surface area contributed by atoms with Crippen molar-refractivity contribution >= 4 is 16.9 Å². The van der Waals surface area contributed by atoms with E-state index in [2.05, 4.69) is 16.5 Å². The predicted molar refractivity (Wildman–Crippen MR) is 67.5 cm³/mol. The summed E-state index contributed by atoms with van der Waals surface area (Å²) in [7, 11) is 1.77. The Hall–Kier alpha value is -2.10. The van der Waals surface area contributed by atoms with E-state index in [1.165, 1.54) is 6.08 Å². The summed E-state index contributed by atoms with van der Waals surface area (Å²) in [5.41, 5.74) is 1.90. The van der Waals surface area contributed by atoms with Crippen molar-refractivity contribution in [2.24, 2.45) is 0 Å². The summed E-state index contributed by atoms with van der Waals surface area (Å²) in [4.78, 5) is 20.6. The highest BCUT2D eigenvalue weighted by atomic mass is 16.2. The number of aromatic amines is 1. The predicted octanol–water partition coefficient (Wildman–Crippen LogP) is 2.27. The van der Waals surface area contributed by atoms with E-state index in [0.29, 0.717) is 0 Å². The highest BCUT2D eigenvalue weighted by molar-refractivity contribution is 5.88. The number of pyridine rings is 1. The summed E-state index contributed by atoms with van der Waals surface area (Å²) in [6.45, 7) is 5.48. The molecule has 17 heavy (non-hydrogen) atoms. The normalized spacial score (nSPS) is 12.4. The number of H-pyrrole nitrogens is 1. The standard InChI is InChI=1S/C13H15N3O/c1-4-12(17)16(3)9(2)11-8-15-13-10(11)6-5-7-14-13/h4-9H,1H2,2-3H3,(H,14,15). The second-order valence-electron chi connectivity index (χ2n) is 3.97. The lowest BCUT2D eigenvalue weighted by atomic mass is 10.1. The molecular formula is C13H15N3O. The Labute approximate surface area is 100.0 Å². The minimum Gasteiger partial charge on any atom is -0.346 e. The topological polar surface area (TPSA) is 49.0 Å². The van der Waals surface area contributed by atoms with Gasteiger partial charge in [0.1, 0.15) is 5.65 Å². The first-order valence-electron chi connectivity index (χ1n) is 5.46. The second kappa shape index (κ2) is 4.41. The van der Waals surface area contributed by atoms with Crippen LogP contribution in [0.15, 0.2) is 37.2 Å². The van der Waals surface area contributed by atoms with Crippen molar-refractivity contribution < 1.29 is 4.79 Å². The molecule has 2 aromatic heterocycles. The van der Waals surface area contributed by atoms with Crippen LogP contribution in [0.5, 0.6) is 0 Å². The number of carbonyl (C=O) groups excluding carboxylic acids is 1. The third-order valence-corrected chi connectivity index (χ3v) is 3.04. The molecule has 2 rings (SSSR count). The van der Waals surface area contributed by atoms with Gasteiger partial charge in [-0.2, -0.15) is 0 Å². The molecule has 1 N–H and O–H groups in total. The Morgan fingerprint density at radius 1 is 1.65 bits per heavy atom. The van der Waals surface area contributed by atoms with Gasteiger partial charge in [0.05, 0.1) is 6.04 Å². The average Bonchev–Trinajstić information content (AvgIpc) is 2.79. The molecule has 0 spiro atoms. The quantitative estimate of drug-likeness (QED) is 0.821. The van der Waals surface area contributed by atoms with Crippen molar-refractivity contribution in [1.82, 2.24) is 14.9 Å². The maximum atomic E-state index is 11.6.